The van der Waals surface area contributed by atoms with Crippen LogP contribution in [-0.4, -0.2) is 30.1 Å². The van der Waals surface area contributed by atoms with Crippen molar-refractivity contribution in [3.05, 3.63) is 109 Å². The number of anilines is 1. The number of aromatic nitrogens is 1. The Morgan fingerprint density at radius 2 is 1.85 bits per heavy atom. The predicted octanol–water partition coefficient (Wildman–Crippen LogP) is 2.31. The number of nitrogens with zero attached hydrogens (tertiary/aromatic N) is 3. The summed E-state index contributed by atoms with van der Waals surface area (Å²) in [5.41, 5.74) is 2.94. The summed E-state index contributed by atoms with van der Waals surface area (Å²) in [7, 11) is 1.69. The van der Waals surface area contributed by atoms with Crippen LogP contribution in [0.3, 0.4) is 0 Å². The lowest BCUT2D eigenvalue weighted by molar-refractivity contribution is -0.138. The topological polar surface area (TPSA) is 81.0 Å². The summed E-state index contributed by atoms with van der Waals surface area (Å²) in [5.74, 6) is -0.806. The van der Waals surface area contributed by atoms with Crippen LogP contribution in [0.15, 0.2) is 88.3 Å². The number of esters is 1. The quantitative estimate of drug-likeness (QED) is 0.432. The fraction of sp³-hybridized carbons (Fsp3) is 0.154. The maximum atomic E-state index is 13.9. The van der Waals surface area contributed by atoms with Gasteiger partial charge in [0.25, 0.3) is 11.5 Å². The number of likely N-dealkylation sites (N-methyl/N-ethyl adjacent to an activating group) is 1. The van der Waals surface area contributed by atoms with Gasteiger partial charge in [-0.15, -0.1) is 0 Å². The Morgan fingerprint density at radius 1 is 1.15 bits per heavy atom. The van der Waals surface area contributed by atoms with E-state index < -0.39 is 12.0 Å². The minimum Gasteiger partial charge on any atom is -0.458 e. The molecule has 0 aliphatic carbocycles. The van der Waals surface area contributed by atoms with Gasteiger partial charge in [0.2, 0.25) is 0 Å². The van der Waals surface area contributed by atoms with Gasteiger partial charge in [-0.1, -0.05) is 72.5 Å². The third kappa shape index (κ3) is 3.26. The van der Waals surface area contributed by atoms with Gasteiger partial charge in [-0.3, -0.25) is 14.2 Å². The first-order valence-electron chi connectivity index (χ1n) is 10.7. The molecule has 170 valence electrons. The molecule has 34 heavy (non-hydrogen) atoms. The summed E-state index contributed by atoms with van der Waals surface area (Å²) in [6.45, 7) is 5.37. The molecule has 2 aliphatic heterocycles. The van der Waals surface area contributed by atoms with E-state index in [2.05, 4.69) is 11.6 Å². The number of ether oxygens (including phenoxy) is 1. The molecule has 0 bridgehead atoms. The summed E-state index contributed by atoms with van der Waals surface area (Å²) < 4.78 is 7.13. The third-order valence-electron chi connectivity index (χ3n) is 5.95. The van der Waals surface area contributed by atoms with Gasteiger partial charge < -0.3 is 9.64 Å². The van der Waals surface area contributed by atoms with Crippen LogP contribution < -0.4 is 19.8 Å². The number of hydrogen-bond acceptors (Lipinski definition) is 6. The molecule has 0 radical (unpaired) electrons. The number of amides is 1. The van der Waals surface area contributed by atoms with Crippen LogP contribution in [0, 0.1) is 0 Å². The van der Waals surface area contributed by atoms with Crippen molar-refractivity contribution in [2.75, 3.05) is 18.6 Å². The number of para-hydroxylation sites is 1. The first-order chi connectivity index (χ1) is 16.4. The van der Waals surface area contributed by atoms with Gasteiger partial charge in [-0.25, -0.2) is 9.79 Å². The molecule has 1 amide bonds. The summed E-state index contributed by atoms with van der Waals surface area (Å²) in [5, 5.41) is 0. The Morgan fingerprint density at radius 3 is 2.59 bits per heavy atom. The molecule has 5 rings (SSSR count). The van der Waals surface area contributed by atoms with Crippen molar-refractivity contribution < 1.29 is 14.3 Å². The van der Waals surface area contributed by atoms with Gasteiger partial charge in [-0.05, 0) is 18.6 Å². The molecular weight excluding hydrogens is 450 g/mol. The number of carbonyl (C=O) groups is 2. The molecule has 0 N–H and O–H groups in total. The van der Waals surface area contributed by atoms with Crippen molar-refractivity contribution in [3.63, 3.8) is 0 Å². The lowest BCUT2D eigenvalue weighted by atomic mass is 9.96. The molecule has 3 heterocycles. The van der Waals surface area contributed by atoms with E-state index in [-0.39, 0.29) is 23.6 Å². The molecule has 1 unspecified atom stereocenters. The van der Waals surface area contributed by atoms with Crippen molar-refractivity contribution in [2.24, 2.45) is 4.99 Å². The number of thiazole rings is 1. The van der Waals surface area contributed by atoms with E-state index in [9.17, 15) is 14.4 Å². The Kier molecular flexibility index (Phi) is 5.37. The Labute approximate surface area is 199 Å². The molecule has 7 nitrogen and oxygen atoms in total. The highest BCUT2D eigenvalue weighted by molar-refractivity contribution is 7.07. The number of fused-ring (bicyclic) bond motifs is 2. The van der Waals surface area contributed by atoms with E-state index in [1.54, 1.807) is 18.9 Å². The summed E-state index contributed by atoms with van der Waals surface area (Å²) in [6, 6.07) is 15.9. The first kappa shape index (κ1) is 21.8. The highest BCUT2D eigenvalue weighted by Gasteiger charge is 2.36. The number of carbonyl (C=O) groups excluding carboxylic acids is 2. The minimum absolute atomic E-state index is 0.0450. The van der Waals surface area contributed by atoms with Crippen LogP contribution in [0.25, 0.3) is 5.57 Å². The fourth-order valence-corrected chi connectivity index (χ4v) is 5.52. The normalized spacial score (nSPS) is 18.4. The summed E-state index contributed by atoms with van der Waals surface area (Å²) >= 11 is 1.16. The zero-order chi connectivity index (χ0) is 24.0. The van der Waals surface area contributed by atoms with Crippen molar-refractivity contribution in [2.45, 2.75) is 13.0 Å². The van der Waals surface area contributed by atoms with E-state index in [1.165, 1.54) is 10.6 Å². The molecule has 8 heteroatoms. The predicted molar refractivity (Wildman–Crippen MR) is 130 cm³/mol. The van der Waals surface area contributed by atoms with Crippen molar-refractivity contribution in [3.8, 4) is 0 Å². The standard InChI is InChI=1S/C26H21N3O4S/c1-4-14-33-25(32)19-15(2)27-26-29(21(19)16-10-6-5-7-11-16)24(31)22(34-26)20-17-12-8-9-13-18(17)28(3)23(20)30/h4-13,21H,1,14H2,2-3H3/b22-20-. The average Bonchev–Trinajstić information content (AvgIpc) is 3.30. The molecule has 0 saturated heterocycles. The number of benzene rings is 2. The van der Waals surface area contributed by atoms with Gasteiger partial charge in [0.15, 0.2) is 4.80 Å². The molecule has 1 aromatic heterocycles. The van der Waals surface area contributed by atoms with E-state index in [4.69, 9.17) is 4.74 Å². The smallest absolute Gasteiger partial charge is 0.338 e. The largest absolute Gasteiger partial charge is 0.458 e. The van der Waals surface area contributed by atoms with E-state index in [0.29, 0.717) is 26.2 Å². The second-order valence-corrected chi connectivity index (χ2v) is 8.93. The van der Waals surface area contributed by atoms with Crippen LogP contribution in [0.1, 0.15) is 24.1 Å². The Hall–Kier alpha value is -4.04. The highest BCUT2D eigenvalue weighted by atomic mass is 32.1. The highest BCUT2D eigenvalue weighted by Crippen LogP contribution is 2.34. The van der Waals surface area contributed by atoms with Gasteiger partial charge in [-0.2, -0.15) is 0 Å². The van der Waals surface area contributed by atoms with E-state index in [1.807, 2.05) is 54.6 Å². The SMILES string of the molecule is C=CCOC(=O)C1=C(C)N=c2s/c(=C3\C(=O)N(C)c4ccccc43)c(=O)n2C1c1ccccc1. The Bertz CT molecular complexity index is 1560. The Balaban J connectivity index is 1.81. The number of hydrogen-bond donors (Lipinski definition) is 0. The summed E-state index contributed by atoms with van der Waals surface area (Å²) in [6.07, 6.45) is 1.49. The monoisotopic (exact) mass is 471 g/mol. The zero-order valence-electron chi connectivity index (χ0n) is 18.6. The van der Waals surface area contributed by atoms with Gasteiger partial charge in [0.05, 0.1) is 28.6 Å². The zero-order valence-corrected chi connectivity index (χ0v) is 19.5. The average molecular weight is 472 g/mol. The molecule has 2 aromatic carbocycles. The minimum atomic E-state index is -0.728. The van der Waals surface area contributed by atoms with Crippen LogP contribution in [-0.2, 0) is 14.3 Å². The first-order valence-corrected chi connectivity index (χ1v) is 11.5. The van der Waals surface area contributed by atoms with Gasteiger partial charge in [0.1, 0.15) is 11.1 Å². The van der Waals surface area contributed by atoms with Crippen molar-refractivity contribution in [1.82, 2.24) is 4.57 Å². The molecular formula is C26H21N3O4S. The van der Waals surface area contributed by atoms with E-state index >= 15 is 0 Å². The molecule has 0 spiro atoms. The number of rotatable bonds is 4. The van der Waals surface area contributed by atoms with Crippen LogP contribution in [0.4, 0.5) is 5.69 Å². The molecule has 0 saturated carbocycles. The second kappa shape index (κ2) is 8.39. The van der Waals surface area contributed by atoms with E-state index in [0.717, 1.165) is 22.6 Å². The lowest BCUT2D eigenvalue weighted by Crippen LogP contribution is -2.40. The molecule has 3 aromatic rings. The van der Waals surface area contributed by atoms with Gasteiger partial charge in [0, 0.05) is 12.6 Å². The van der Waals surface area contributed by atoms with Crippen molar-refractivity contribution >= 4 is 34.5 Å². The molecule has 1 atom stereocenters. The van der Waals surface area contributed by atoms with Crippen LogP contribution >= 0.6 is 11.3 Å². The van der Waals surface area contributed by atoms with Crippen LogP contribution in [0.2, 0.25) is 0 Å². The number of allylic oxidation sites excluding steroid dienone is 1. The lowest BCUT2D eigenvalue weighted by Gasteiger charge is -2.24. The maximum absolute atomic E-state index is 13.9. The summed E-state index contributed by atoms with van der Waals surface area (Å²) in [4.78, 5) is 46.6. The van der Waals surface area contributed by atoms with Crippen molar-refractivity contribution in [1.29, 1.82) is 0 Å². The maximum Gasteiger partial charge on any atom is 0.338 e. The fourth-order valence-electron chi connectivity index (χ4n) is 4.39. The molecule has 2 aliphatic rings. The van der Waals surface area contributed by atoms with Crippen LogP contribution in [0.5, 0.6) is 0 Å². The molecule has 0 fully saturated rings. The third-order valence-corrected chi connectivity index (χ3v) is 7.00. The second-order valence-electron chi connectivity index (χ2n) is 7.96. The van der Waals surface area contributed by atoms with Gasteiger partial charge >= 0.3 is 5.97 Å².